The monoisotopic (exact) mass is 911 g/mol. The molecule has 3 aromatic heterocycles. The van der Waals surface area contributed by atoms with Crippen molar-refractivity contribution < 1.29 is 13.6 Å². The number of para-hydroxylation sites is 4. The van der Waals surface area contributed by atoms with Gasteiger partial charge in [-0.25, -0.2) is 0 Å². The second-order valence-corrected chi connectivity index (χ2v) is 18.1. The van der Waals surface area contributed by atoms with Crippen LogP contribution in [0.15, 0.2) is 249 Å². The summed E-state index contributed by atoms with van der Waals surface area (Å²) in [6, 6.07) is 78.3. The van der Waals surface area contributed by atoms with Gasteiger partial charge in [-0.05, 0) is 112 Å². The molecule has 14 rings (SSSR count). The summed E-state index contributed by atoms with van der Waals surface area (Å²) in [5.74, 6) is 1.29. The summed E-state index contributed by atoms with van der Waals surface area (Å²) < 4.78 is 21.6. The Morgan fingerprint density at radius 3 is 1.66 bits per heavy atom. The fraction of sp³-hybridized carbons (Fsp3) is 0.0154. The normalized spacial score (nSPS) is 13.8. The molecule has 0 atom stereocenters. The molecular weight excluding hydrogens is 871 g/mol. The lowest BCUT2D eigenvalue weighted by Gasteiger charge is -2.10. The van der Waals surface area contributed by atoms with E-state index >= 15 is 0 Å². The third-order valence-corrected chi connectivity index (χ3v) is 14.0. The van der Waals surface area contributed by atoms with Crippen molar-refractivity contribution >= 4 is 83.8 Å². The zero-order valence-corrected chi connectivity index (χ0v) is 38.3. The number of benzene rings is 10. The first-order valence-electron chi connectivity index (χ1n) is 23.8. The van der Waals surface area contributed by atoms with E-state index in [9.17, 15) is 0 Å². The lowest BCUT2D eigenvalue weighted by molar-refractivity contribution is 0.470. The van der Waals surface area contributed by atoms with E-state index in [4.69, 9.17) is 18.6 Å². The summed E-state index contributed by atoms with van der Waals surface area (Å²) in [6.45, 7) is 4.52. The second kappa shape index (κ2) is 16.3. The van der Waals surface area contributed by atoms with Gasteiger partial charge in [-0.3, -0.25) is 9.98 Å². The number of rotatable bonds is 8. The van der Waals surface area contributed by atoms with Gasteiger partial charge in [-0.15, -0.1) is 0 Å². The first kappa shape index (κ1) is 40.5. The molecule has 1 aliphatic rings. The smallest absolute Gasteiger partial charge is 0.179 e. The molecule has 0 amide bonds. The van der Waals surface area contributed by atoms with Crippen molar-refractivity contribution in [2.75, 3.05) is 0 Å². The van der Waals surface area contributed by atoms with E-state index in [-0.39, 0.29) is 0 Å². The Bertz CT molecular complexity index is 4340. The Morgan fingerprint density at radius 1 is 0.437 bits per heavy atom. The van der Waals surface area contributed by atoms with E-state index in [1.165, 1.54) is 16.3 Å². The van der Waals surface area contributed by atoms with Crippen molar-refractivity contribution in [3.63, 3.8) is 0 Å². The minimum absolute atomic E-state index is 0.419. The fourth-order valence-electron chi connectivity index (χ4n) is 10.7. The largest absolute Gasteiger partial charge is 0.456 e. The van der Waals surface area contributed by atoms with Crippen molar-refractivity contribution in [1.82, 2.24) is 4.57 Å². The molecule has 6 heteroatoms. The van der Waals surface area contributed by atoms with Crippen LogP contribution in [0.3, 0.4) is 0 Å². The van der Waals surface area contributed by atoms with Crippen LogP contribution < -0.4 is 4.74 Å². The molecule has 0 bridgehead atoms. The standard InChI is InChI=1S/C65H41N3O3/c1-66-63(43-31-29-42(30-32-43)48-19-12-24-60-62(48)51-17-7-10-22-57(51)70-60)65-64(67-39-40-25-27-41(28-26-40)47-18-11-23-59-61(47)50-16-6-9-21-56(50)69-59)53-38-45(34-36-58(53)71-65)44-33-35-55-52(37-44)49-15-5-8-20-54(49)68(55)46-13-3-2-4-14-46/h2-38H,1,39H2/b65-63+,67-64?. The van der Waals surface area contributed by atoms with Gasteiger partial charge in [0.15, 0.2) is 5.76 Å². The Hall–Kier alpha value is -9.52. The van der Waals surface area contributed by atoms with E-state index in [1.54, 1.807) is 0 Å². The minimum atomic E-state index is 0.419. The topological polar surface area (TPSA) is 65.2 Å². The SMILES string of the molecule is C=N/C(=C1/Oc2ccc(-c3ccc4c(c3)c3ccccc3n4-c3ccccc3)cc2C1=NCc1ccc(-c2cccc3oc4ccccc4c23)cc1)c1ccc(-c2cccc3oc4ccccc4c23)cc1. The summed E-state index contributed by atoms with van der Waals surface area (Å²) >= 11 is 0. The Labute approximate surface area is 408 Å². The molecule has 0 N–H and O–H groups in total. The summed E-state index contributed by atoms with van der Waals surface area (Å²) in [5, 5.41) is 6.80. The van der Waals surface area contributed by atoms with Gasteiger partial charge in [0.1, 0.15) is 39.5 Å². The van der Waals surface area contributed by atoms with Gasteiger partial charge < -0.3 is 18.1 Å². The molecule has 0 aliphatic carbocycles. The predicted octanol–water partition coefficient (Wildman–Crippen LogP) is 17.0. The Kier molecular flexibility index (Phi) is 9.32. The van der Waals surface area contributed by atoms with Crippen molar-refractivity contribution in [2.24, 2.45) is 9.98 Å². The van der Waals surface area contributed by atoms with Gasteiger partial charge in [-0.2, -0.15) is 0 Å². The number of fused-ring (bicyclic) bond motifs is 10. The van der Waals surface area contributed by atoms with Gasteiger partial charge in [-0.1, -0.05) is 158 Å². The molecule has 334 valence electrons. The number of aliphatic imine (C=N–C) groups is 2. The predicted molar refractivity (Wildman–Crippen MR) is 292 cm³/mol. The number of furan rings is 2. The zero-order chi connectivity index (χ0) is 47.0. The third-order valence-electron chi connectivity index (χ3n) is 14.0. The Morgan fingerprint density at radius 2 is 0.986 bits per heavy atom. The van der Waals surface area contributed by atoms with Crippen molar-refractivity contribution in [1.29, 1.82) is 0 Å². The molecule has 0 fully saturated rings. The van der Waals surface area contributed by atoms with Crippen LogP contribution in [0.1, 0.15) is 16.7 Å². The highest BCUT2D eigenvalue weighted by Gasteiger charge is 2.30. The van der Waals surface area contributed by atoms with E-state index < -0.39 is 0 Å². The summed E-state index contributed by atoms with van der Waals surface area (Å²) in [7, 11) is 0. The second-order valence-electron chi connectivity index (χ2n) is 18.1. The first-order chi connectivity index (χ1) is 35.1. The van der Waals surface area contributed by atoms with E-state index in [0.29, 0.717) is 18.0 Å². The molecule has 0 radical (unpaired) electrons. The molecule has 13 aromatic rings. The van der Waals surface area contributed by atoms with Crippen LogP contribution in [0, 0.1) is 0 Å². The molecule has 10 aromatic carbocycles. The fourth-order valence-corrected chi connectivity index (χ4v) is 10.7. The zero-order valence-electron chi connectivity index (χ0n) is 38.3. The molecule has 4 heterocycles. The molecule has 0 saturated heterocycles. The summed E-state index contributed by atoms with van der Waals surface area (Å²) in [5.41, 5.74) is 17.7. The number of hydrogen-bond acceptors (Lipinski definition) is 5. The highest BCUT2D eigenvalue weighted by atomic mass is 16.5. The highest BCUT2D eigenvalue weighted by molar-refractivity contribution is 6.20. The van der Waals surface area contributed by atoms with Crippen LogP contribution in [0.2, 0.25) is 0 Å². The third kappa shape index (κ3) is 6.64. The maximum Gasteiger partial charge on any atom is 0.179 e. The van der Waals surface area contributed by atoms with Gasteiger partial charge in [0.05, 0.1) is 17.6 Å². The molecule has 71 heavy (non-hydrogen) atoms. The number of ether oxygens (including phenoxy) is 1. The van der Waals surface area contributed by atoms with Crippen LogP contribution in [0.4, 0.5) is 0 Å². The lowest BCUT2D eigenvalue weighted by Crippen LogP contribution is -2.05. The van der Waals surface area contributed by atoms with E-state index in [2.05, 4.69) is 198 Å². The minimum Gasteiger partial charge on any atom is -0.456 e. The summed E-state index contributed by atoms with van der Waals surface area (Å²) in [4.78, 5) is 10.1. The molecule has 0 saturated carbocycles. The van der Waals surface area contributed by atoms with Crippen LogP contribution >= 0.6 is 0 Å². The maximum atomic E-state index is 6.83. The molecule has 0 spiro atoms. The summed E-state index contributed by atoms with van der Waals surface area (Å²) in [6.07, 6.45) is 0. The molecule has 1 aliphatic heterocycles. The number of allylic oxidation sites excluding steroid dienone is 1. The van der Waals surface area contributed by atoms with Gasteiger partial charge in [0.25, 0.3) is 0 Å². The van der Waals surface area contributed by atoms with Gasteiger partial charge >= 0.3 is 0 Å². The Balaban J connectivity index is 0.868. The number of nitrogens with zero attached hydrogens (tertiary/aromatic N) is 3. The lowest BCUT2D eigenvalue weighted by atomic mass is 9.97. The van der Waals surface area contributed by atoms with E-state index in [0.717, 1.165) is 117 Å². The molecule has 6 nitrogen and oxygen atoms in total. The van der Waals surface area contributed by atoms with Crippen LogP contribution in [-0.2, 0) is 6.54 Å². The highest BCUT2D eigenvalue weighted by Crippen LogP contribution is 2.43. The van der Waals surface area contributed by atoms with Crippen LogP contribution in [0.25, 0.3) is 110 Å². The average Bonchev–Trinajstić information content (AvgIpc) is 4.20. The average molecular weight is 912 g/mol. The van der Waals surface area contributed by atoms with Crippen LogP contribution in [0.5, 0.6) is 5.75 Å². The quantitative estimate of drug-likeness (QED) is 0.143. The number of hydrogen-bond donors (Lipinski definition) is 0. The van der Waals surface area contributed by atoms with Crippen molar-refractivity contribution in [3.05, 3.63) is 247 Å². The van der Waals surface area contributed by atoms with Crippen LogP contribution in [-0.4, -0.2) is 17.0 Å². The maximum absolute atomic E-state index is 6.83. The molecular formula is C65H41N3O3. The first-order valence-corrected chi connectivity index (χ1v) is 23.8. The van der Waals surface area contributed by atoms with Crippen molar-refractivity contribution in [2.45, 2.75) is 6.54 Å². The molecule has 0 unspecified atom stereocenters. The van der Waals surface area contributed by atoms with Gasteiger partial charge in [0, 0.05) is 49.1 Å². The number of aromatic nitrogens is 1. The van der Waals surface area contributed by atoms with E-state index in [1.807, 2.05) is 42.5 Å². The van der Waals surface area contributed by atoms with Gasteiger partial charge in [0.2, 0.25) is 0 Å². The van der Waals surface area contributed by atoms with Crippen molar-refractivity contribution in [3.8, 4) is 44.8 Å².